The van der Waals surface area contributed by atoms with E-state index in [1.807, 2.05) is 24.3 Å². The van der Waals surface area contributed by atoms with Gasteiger partial charge in [0.2, 0.25) is 0 Å². The summed E-state index contributed by atoms with van der Waals surface area (Å²) in [5.74, 6) is 0. The minimum Gasteiger partial charge on any atom is -0.383 e. The second kappa shape index (κ2) is 3.92. The highest BCUT2D eigenvalue weighted by atomic mass is 16.5. The maximum absolute atomic E-state index is 8.90. The van der Waals surface area contributed by atoms with Crippen molar-refractivity contribution in [1.82, 2.24) is 0 Å². The molecule has 2 rings (SSSR count). The topological polar surface area (TPSA) is 45.0 Å². The highest BCUT2D eigenvalue weighted by Crippen LogP contribution is 2.27. The lowest BCUT2D eigenvalue weighted by Crippen LogP contribution is -2.45. The Kier molecular flexibility index (Phi) is 2.61. The van der Waals surface area contributed by atoms with Crippen molar-refractivity contribution in [1.29, 1.82) is 5.26 Å². The first-order chi connectivity index (χ1) is 7.23. The van der Waals surface area contributed by atoms with Crippen molar-refractivity contribution in [2.45, 2.75) is 6.92 Å². The number of para-hydroxylation sites is 1. The fraction of sp³-hybridized carbons (Fsp3) is 0.417. The maximum atomic E-state index is 8.90. The molecule has 1 fully saturated rings. The summed E-state index contributed by atoms with van der Waals surface area (Å²) in [5, 5.41) is 12.2. The molecule has 78 valence electrons. The lowest BCUT2D eigenvalue weighted by Gasteiger charge is -2.38. The number of ether oxygens (including phenoxy) is 1. The van der Waals surface area contributed by atoms with Crippen molar-refractivity contribution in [3.63, 3.8) is 0 Å². The van der Waals surface area contributed by atoms with Gasteiger partial charge in [0.15, 0.2) is 0 Å². The van der Waals surface area contributed by atoms with E-state index in [1.165, 1.54) is 0 Å². The molecule has 1 aliphatic heterocycles. The average Bonchev–Trinajstić information content (AvgIpc) is 2.24. The van der Waals surface area contributed by atoms with Crippen LogP contribution in [0.25, 0.3) is 0 Å². The van der Waals surface area contributed by atoms with Crippen molar-refractivity contribution < 1.29 is 4.74 Å². The Morgan fingerprint density at radius 1 is 1.47 bits per heavy atom. The Morgan fingerprint density at radius 2 is 2.20 bits per heavy atom. The summed E-state index contributed by atoms with van der Waals surface area (Å²) in [7, 11) is 0. The largest absolute Gasteiger partial charge is 0.383 e. The first-order valence-electron chi connectivity index (χ1n) is 5.04. The van der Waals surface area contributed by atoms with Gasteiger partial charge in [-0.15, -0.1) is 0 Å². The summed E-state index contributed by atoms with van der Waals surface area (Å²) in [6, 6.07) is 9.73. The molecule has 1 aliphatic rings. The number of nitrogens with zero attached hydrogens (tertiary/aromatic N) is 1. The van der Waals surface area contributed by atoms with Crippen LogP contribution >= 0.6 is 0 Å². The minimum absolute atomic E-state index is 0.225. The molecule has 0 spiro atoms. The van der Waals surface area contributed by atoms with Crippen LogP contribution in [-0.4, -0.2) is 19.8 Å². The Balaban J connectivity index is 2.02. The lowest BCUT2D eigenvalue weighted by molar-refractivity contribution is -0.0924. The van der Waals surface area contributed by atoms with E-state index in [0.29, 0.717) is 5.56 Å². The molecule has 3 heteroatoms. The number of benzene rings is 1. The first kappa shape index (κ1) is 10.0. The van der Waals surface area contributed by atoms with Crippen LogP contribution in [0.1, 0.15) is 12.5 Å². The molecular weight excluding hydrogens is 188 g/mol. The second-order valence-electron chi connectivity index (χ2n) is 4.31. The van der Waals surface area contributed by atoms with Crippen LogP contribution in [0.4, 0.5) is 5.69 Å². The molecule has 0 aromatic heterocycles. The highest BCUT2D eigenvalue weighted by molar-refractivity contribution is 5.57. The molecule has 0 aliphatic carbocycles. The first-order valence-corrected chi connectivity index (χ1v) is 5.04. The van der Waals surface area contributed by atoms with Crippen LogP contribution in [0.5, 0.6) is 0 Å². The van der Waals surface area contributed by atoms with E-state index in [4.69, 9.17) is 10.00 Å². The van der Waals surface area contributed by atoms with Gasteiger partial charge in [-0.25, -0.2) is 0 Å². The molecule has 1 aromatic carbocycles. The smallest absolute Gasteiger partial charge is 0.101 e. The van der Waals surface area contributed by atoms with E-state index in [9.17, 15) is 0 Å². The van der Waals surface area contributed by atoms with Gasteiger partial charge < -0.3 is 10.1 Å². The molecule has 0 saturated carbocycles. The molecular formula is C12H14N2O. The standard InChI is InChI=1S/C12H14N2O/c1-12(8-15-9-12)7-14-11-5-3-2-4-10(11)6-13/h2-5,14H,7-9H2,1H3. The van der Waals surface area contributed by atoms with Crippen LogP contribution in [-0.2, 0) is 4.74 Å². The van der Waals surface area contributed by atoms with Gasteiger partial charge in [-0.3, -0.25) is 0 Å². The van der Waals surface area contributed by atoms with E-state index in [-0.39, 0.29) is 5.41 Å². The number of hydrogen-bond donors (Lipinski definition) is 1. The fourth-order valence-electron chi connectivity index (χ4n) is 1.60. The number of hydrogen-bond acceptors (Lipinski definition) is 3. The monoisotopic (exact) mass is 202 g/mol. The summed E-state index contributed by atoms with van der Waals surface area (Å²) in [4.78, 5) is 0. The van der Waals surface area contributed by atoms with Gasteiger partial charge in [-0.05, 0) is 12.1 Å². The zero-order valence-electron chi connectivity index (χ0n) is 8.79. The molecule has 0 unspecified atom stereocenters. The number of nitrogens with one attached hydrogen (secondary N) is 1. The van der Waals surface area contributed by atoms with Gasteiger partial charge in [-0.1, -0.05) is 19.1 Å². The van der Waals surface area contributed by atoms with E-state index >= 15 is 0 Å². The van der Waals surface area contributed by atoms with Crippen molar-refractivity contribution in [2.75, 3.05) is 25.1 Å². The number of nitriles is 1. The predicted molar refractivity (Wildman–Crippen MR) is 58.6 cm³/mol. The van der Waals surface area contributed by atoms with Gasteiger partial charge >= 0.3 is 0 Å². The number of rotatable bonds is 3. The van der Waals surface area contributed by atoms with Gasteiger partial charge in [0, 0.05) is 12.0 Å². The van der Waals surface area contributed by atoms with E-state index in [1.54, 1.807) is 0 Å². The predicted octanol–water partition coefficient (Wildman–Crippen LogP) is 2.01. The van der Waals surface area contributed by atoms with Crippen LogP contribution in [0.2, 0.25) is 0 Å². The Labute approximate surface area is 89.7 Å². The number of anilines is 1. The maximum Gasteiger partial charge on any atom is 0.101 e. The summed E-state index contributed by atoms with van der Waals surface area (Å²) in [6.45, 7) is 4.63. The molecule has 1 heterocycles. The molecule has 0 radical (unpaired) electrons. The van der Waals surface area contributed by atoms with Crippen molar-refractivity contribution in [2.24, 2.45) is 5.41 Å². The van der Waals surface area contributed by atoms with E-state index in [2.05, 4.69) is 18.3 Å². The van der Waals surface area contributed by atoms with Crippen molar-refractivity contribution >= 4 is 5.69 Å². The van der Waals surface area contributed by atoms with Crippen LogP contribution in [0, 0.1) is 16.7 Å². The molecule has 3 nitrogen and oxygen atoms in total. The van der Waals surface area contributed by atoms with Gasteiger partial charge in [-0.2, -0.15) is 5.26 Å². The molecule has 15 heavy (non-hydrogen) atoms. The molecule has 1 saturated heterocycles. The molecule has 1 N–H and O–H groups in total. The van der Waals surface area contributed by atoms with E-state index < -0.39 is 0 Å². The molecule has 0 amide bonds. The summed E-state index contributed by atoms with van der Waals surface area (Å²) >= 11 is 0. The quantitative estimate of drug-likeness (QED) is 0.815. The van der Waals surface area contributed by atoms with Crippen LogP contribution in [0.3, 0.4) is 0 Å². The minimum atomic E-state index is 0.225. The van der Waals surface area contributed by atoms with Gasteiger partial charge in [0.1, 0.15) is 6.07 Å². The second-order valence-corrected chi connectivity index (χ2v) is 4.31. The van der Waals surface area contributed by atoms with Gasteiger partial charge in [0.05, 0.1) is 24.5 Å². The zero-order valence-corrected chi connectivity index (χ0v) is 8.79. The third-order valence-corrected chi connectivity index (χ3v) is 2.65. The average molecular weight is 202 g/mol. The molecule has 0 bridgehead atoms. The van der Waals surface area contributed by atoms with E-state index in [0.717, 1.165) is 25.4 Å². The normalized spacial score (nSPS) is 17.6. The fourth-order valence-corrected chi connectivity index (χ4v) is 1.60. The summed E-state index contributed by atoms with van der Waals surface area (Å²) in [5.41, 5.74) is 1.83. The Hall–Kier alpha value is -1.53. The third kappa shape index (κ3) is 2.11. The highest BCUT2D eigenvalue weighted by Gasteiger charge is 2.33. The zero-order chi connectivity index (χ0) is 10.7. The van der Waals surface area contributed by atoms with Gasteiger partial charge in [0.25, 0.3) is 0 Å². The third-order valence-electron chi connectivity index (χ3n) is 2.65. The van der Waals surface area contributed by atoms with Crippen LogP contribution in [0.15, 0.2) is 24.3 Å². The van der Waals surface area contributed by atoms with Crippen molar-refractivity contribution in [3.05, 3.63) is 29.8 Å². The molecule has 1 aromatic rings. The lowest BCUT2D eigenvalue weighted by atomic mass is 9.88. The Morgan fingerprint density at radius 3 is 2.80 bits per heavy atom. The Bertz CT molecular complexity index is 391. The van der Waals surface area contributed by atoms with Crippen molar-refractivity contribution in [3.8, 4) is 6.07 Å². The molecule has 0 atom stereocenters. The summed E-state index contributed by atoms with van der Waals surface area (Å²) in [6.07, 6.45) is 0. The summed E-state index contributed by atoms with van der Waals surface area (Å²) < 4.78 is 5.18. The van der Waals surface area contributed by atoms with Crippen LogP contribution < -0.4 is 5.32 Å². The SMILES string of the molecule is CC1(CNc2ccccc2C#N)COC1.